The summed E-state index contributed by atoms with van der Waals surface area (Å²) in [6.45, 7) is 10.5. The summed E-state index contributed by atoms with van der Waals surface area (Å²) >= 11 is 0. The van der Waals surface area contributed by atoms with E-state index in [-0.39, 0.29) is 18.7 Å². The third kappa shape index (κ3) is 3.83. The van der Waals surface area contributed by atoms with E-state index in [0.29, 0.717) is 11.5 Å². The average Bonchev–Trinajstić information content (AvgIpc) is 3.29. The van der Waals surface area contributed by atoms with Crippen LogP contribution in [0.1, 0.15) is 23.9 Å². The quantitative estimate of drug-likeness (QED) is 0.843. The summed E-state index contributed by atoms with van der Waals surface area (Å²) in [7, 11) is 0. The number of carbonyl (C=O) groups is 1. The summed E-state index contributed by atoms with van der Waals surface area (Å²) in [4.78, 5) is 17.3. The third-order valence-electron chi connectivity index (χ3n) is 5.54. The number of piperazine rings is 1. The first-order valence-corrected chi connectivity index (χ1v) is 9.60. The minimum atomic E-state index is -0.202. The van der Waals surface area contributed by atoms with Crippen molar-refractivity contribution < 1.29 is 18.8 Å². The zero-order chi connectivity index (χ0) is 19.7. The van der Waals surface area contributed by atoms with Crippen LogP contribution in [0.4, 0.5) is 5.69 Å². The van der Waals surface area contributed by atoms with Gasteiger partial charge in [0.15, 0.2) is 11.5 Å². The third-order valence-corrected chi connectivity index (χ3v) is 5.54. The second-order valence-electron chi connectivity index (χ2n) is 7.35. The summed E-state index contributed by atoms with van der Waals surface area (Å²) in [5.74, 6) is 2.24. The number of aryl methyl sites for hydroxylation is 2. The second kappa shape index (κ2) is 7.81. The molecule has 1 N–H and O–H groups in total. The van der Waals surface area contributed by atoms with Gasteiger partial charge < -0.3 is 19.3 Å². The van der Waals surface area contributed by atoms with Crippen LogP contribution >= 0.6 is 0 Å². The first-order chi connectivity index (χ1) is 13.5. The number of aromatic nitrogens is 1. The fourth-order valence-electron chi connectivity index (χ4n) is 3.65. The maximum Gasteiger partial charge on any atom is 0.241 e. The van der Waals surface area contributed by atoms with E-state index in [9.17, 15) is 4.79 Å². The zero-order valence-corrected chi connectivity index (χ0v) is 16.5. The molecule has 1 atom stereocenters. The minimum absolute atomic E-state index is 0.0157. The number of nitrogens with one attached hydrogen (secondary N) is 1. The van der Waals surface area contributed by atoms with Gasteiger partial charge in [0, 0.05) is 50.0 Å². The van der Waals surface area contributed by atoms with Crippen LogP contribution in [0.3, 0.4) is 0 Å². The Bertz CT molecular complexity index is 838. The van der Waals surface area contributed by atoms with Gasteiger partial charge in [0.25, 0.3) is 0 Å². The van der Waals surface area contributed by atoms with Gasteiger partial charge in [0.05, 0.1) is 11.7 Å². The van der Waals surface area contributed by atoms with Crippen LogP contribution in [0.2, 0.25) is 0 Å². The maximum absolute atomic E-state index is 12.7. The normalized spacial score (nSPS) is 18.2. The van der Waals surface area contributed by atoms with Gasteiger partial charge >= 0.3 is 0 Å². The van der Waals surface area contributed by atoms with Crippen molar-refractivity contribution in [1.29, 1.82) is 0 Å². The molecule has 1 aromatic heterocycles. The van der Waals surface area contributed by atoms with E-state index in [1.165, 1.54) is 5.56 Å². The second-order valence-corrected chi connectivity index (χ2v) is 7.35. The summed E-state index contributed by atoms with van der Waals surface area (Å²) in [6.07, 6.45) is 0. The molecule has 0 saturated carbocycles. The molecule has 1 aromatic carbocycles. The smallest absolute Gasteiger partial charge is 0.241 e. The summed E-state index contributed by atoms with van der Waals surface area (Å²) in [5, 5.41) is 7.01. The molecule has 8 nitrogen and oxygen atoms in total. The van der Waals surface area contributed by atoms with Gasteiger partial charge in [0.2, 0.25) is 12.7 Å². The number of carbonyl (C=O) groups excluding carboxylic acids is 1. The van der Waals surface area contributed by atoms with E-state index in [1.54, 1.807) is 6.07 Å². The predicted molar refractivity (Wildman–Crippen MR) is 103 cm³/mol. The molecule has 3 heterocycles. The van der Waals surface area contributed by atoms with Crippen molar-refractivity contribution >= 4 is 11.6 Å². The largest absolute Gasteiger partial charge is 0.454 e. The van der Waals surface area contributed by atoms with Crippen molar-refractivity contribution in [2.45, 2.75) is 33.4 Å². The Morgan fingerprint density at radius 1 is 1.18 bits per heavy atom. The summed E-state index contributed by atoms with van der Waals surface area (Å²) in [5.41, 5.74) is 2.84. The highest BCUT2D eigenvalue weighted by atomic mass is 16.7. The van der Waals surface area contributed by atoms with Gasteiger partial charge in [-0.25, -0.2) is 0 Å². The Labute approximate surface area is 164 Å². The molecule has 1 fully saturated rings. The molecule has 4 rings (SSSR count). The lowest BCUT2D eigenvalue weighted by molar-refractivity contribution is -0.121. The summed E-state index contributed by atoms with van der Waals surface area (Å²) < 4.78 is 15.9. The van der Waals surface area contributed by atoms with Gasteiger partial charge in [-0.05, 0) is 32.9 Å². The Hall–Kier alpha value is -2.58. The van der Waals surface area contributed by atoms with E-state index in [4.69, 9.17) is 14.0 Å². The number of hydrogen-bond donors (Lipinski definition) is 1. The lowest BCUT2D eigenvalue weighted by atomic mass is 10.1. The van der Waals surface area contributed by atoms with Crippen molar-refractivity contribution in [3.05, 3.63) is 35.2 Å². The topological polar surface area (TPSA) is 80.1 Å². The monoisotopic (exact) mass is 386 g/mol. The molecule has 28 heavy (non-hydrogen) atoms. The van der Waals surface area contributed by atoms with Gasteiger partial charge in [-0.2, -0.15) is 0 Å². The molecular formula is C20H26N4O4. The number of nitrogens with zero attached hydrogens (tertiary/aromatic N) is 3. The first kappa shape index (κ1) is 18.8. The van der Waals surface area contributed by atoms with Crippen molar-refractivity contribution in [1.82, 2.24) is 15.0 Å². The highest BCUT2D eigenvalue weighted by Gasteiger charge is 2.27. The van der Waals surface area contributed by atoms with Crippen LogP contribution in [0, 0.1) is 13.8 Å². The van der Waals surface area contributed by atoms with Crippen LogP contribution in [0.5, 0.6) is 11.5 Å². The van der Waals surface area contributed by atoms with Crippen LogP contribution in [-0.4, -0.2) is 59.9 Å². The van der Waals surface area contributed by atoms with Crippen LogP contribution in [-0.2, 0) is 11.3 Å². The van der Waals surface area contributed by atoms with Crippen LogP contribution in [0.25, 0.3) is 0 Å². The molecule has 150 valence electrons. The van der Waals surface area contributed by atoms with Crippen LogP contribution in [0.15, 0.2) is 22.7 Å². The summed E-state index contributed by atoms with van der Waals surface area (Å²) in [6, 6.07) is 5.25. The molecule has 0 spiro atoms. The fraction of sp³-hybridized carbons (Fsp3) is 0.500. The molecule has 2 aliphatic rings. The molecule has 2 aliphatic heterocycles. The molecule has 8 heteroatoms. The lowest BCUT2D eigenvalue weighted by Gasteiger charge is -2.37. The molecule has 0 radical (unpaired) electrons. The Balaban J connectivity index is 1.29. The number of anilines is 1. The predicted octanol–water partition coefficient (Wildman–Crippen LogP) is 2.16. The van der Waals surface area contributed by atoms with E-state index < -0.39 is 0 Å². The molecule has 1 unspecified atom stereocenters. The number of ether oxygens (including phenoxy) is 2. The van der Waals surface area contributed by atoms with Crippen molar-refractivity contribution in [2.75, 3.05) is 38.3 Å². The van der Waals surface area contributed by atoms with Gasteiger partial charge in [0.1, 0.15) is 5.76 Å². The molecule has 0 bridgehead atoms. The molecule has 0 aliphatic carbocycles. The fourth-order valence-corrected chi connectivity index (χ4v) is 3.65. The lowest BCUT2D eigenvalue weighted by Crippen LogP contribution is -2.52. The van der Waals surface area contributed by atoms with Crippen molar-refractivity contribution in [2.24, 2.45) is 0 Å². The van der Waals surface area contributed by atoms with E-state index in [2.05, 4.69) is 20.3 Å². The highest BCUT2D eigenvalue weighted by Crippen LogP contribution is 2.34. The zero-order valence-electron chi connectivity index (χ0n) is 16.5. The number of benzene rings is 1. The van der Waals surface area contributed by atoms with Gasteiger partial charge in [-0.15, -0.1) is 0 Å². The van der Waals surface area contributed by atoms with Gasteiger partial charge in [-0.3, -0.25) is 14.6 Å². The number of fused-ring (bicyclic) bond motifs is 1. The van der Waals surface area contributed by atoms with Crippen molar-refractivity contribution in [3.63, 3.8) is 0 Å². The number of amides is 1. The standard InChI is InChI=1S/C20H26N4O4/c1-13-17(15(3)28-22-13)11-23-6-8-24(9-7-23)14(2)20(25)21-16-4-5-18-19(10-16)27-12-26-18/h4-5,10,14H,6-9,11-12H2,1-3H3,(H,21,25). The Morgan fingerprint density at radius 3 is 2.64 bits per heavy atom. The maximum atomic E-state index is 12.7. The highest BCUT2D eigenvalue weighted by molar-refractivity contribution is 5.94. The van der Waals surface area contributed by atoms with E-state index in [0.717, 1.165) is 49.9 Å². The SMILES string of the molecule is Cc1noc(C)c1CN1CCN(C(C)C(=O)Nc2ccc3c(c2)OCO3)CC1. The number of hydrogen-bond acceptors (Lipinski definition) is 7. The van der Waals surface area contributed by atoms with Crippen LogP contribution < -0.4 is 14.8 Å². The Kier molecular flexibility index (Phi) is 5.23. The van der Waals surface area contributed by atoms with E-state index in [1.807, 2.05) is 32.9 Å². The average molecular weight is 386 g/mol. The molecule has 1 saturated heterocycles. The van der Waals surface area contributed by atoms with Gasteiger partial charge in [-0.1, -0.05) is 5.16 Å². The molecule has 2 aromatic rings. The van der Waals surface area contributed by atoms with E-state index >= 15 is 0 Å². The first-order valence-electron chi connectivity index (χ1n) is 9.60. The minimum Gasteiger partial charge on any atom is -0.454 e. The molecule has 1 amide bonds. The Morgan fingerprint density at radius 2 is 1.93 bits per heavy atom. The number of rotatable bonds is 5. The molecular weight excluding hydrogens is 360 g/mol. The van der Waals surface area contributed by atoms with Crippen molar-refractivity contribution in [3.8, 4) is 11.5 Å².